The van der Waals surface area contributed by atoms with Crippen molar-refractivity contribution < 1.29 is 14.6 Å². The number of aliphatic hydroxyl groups is 1. The number of piperidine rings is 1. The molecule has 0 spiro atoms. The molecule has 1 aliphatic heterocycles. The number of rotatable bonds is 2. The van der Waals surface area contributed by atoms with Crippen molar-refractivity contribution in [2.24, 2.45) is 0 Å². The number of nitrogen functional groups attached to an aromatic ring is 1. The van der Waals surface area contributed by atoms with Gasteiger partial charge in [0.25, 0.3) is 5.91 Å². The first-order chi connectivity index (χ1) is 8.94. The van der Waals surface area contributed by atoms with Gasteiger partial charge >= 0.3 is 0 Å². The lowest BCUT2D eigenvalue weighted by Gasteiger charge is -2.37. The largest absolute Gasteiger partial charge is 0.494 e. The molecule has 104 valence electrons. The van der Waals surface area contributed by atoms with Crippen LogP contribution in [-0.4, -0.2) is 41.7 Å². The standard InChI is InChI=1S/C14H20N2O3/c1-14(18)7-4-8-16(9-14)13(17)10-5-3-6-11(15)12(10)19-2/h3,5-6,18H,4,7-9,15H2,1-2H3. The van der Waals surface area contributed by atoms with Gasteiger partial charge in [-0.25, -0.2) is 0 Å². The average molecular weight is 264 g/mol. The summed E-state index contributed by atoms with van der Waals surface area (Å²) < 4.78 is 5.21. The van der Waals surface area contributed by atoms with Gasteiger partial charge in [-0.05, 0) is 31.9 Å². The van der Waals surface area contributed by atoms with E-state index in [1.165, 1.54) is 7.11 Å². The van der Waals surface area contributed by atoms with Crippen molar-refractivity contribution in [3.63, 3.8) is 0 Å². The van der Waals surface area contributed by atoms with Crippen LogP contribution in [0.25, 0.3) is 0 Å². The predicted octanol–water partition coefficient (Wildman–Crippen LogP) is 1.26. The zero-order valence-corrected chi connectivity index (χ0v) is 11.3. The second-order valence-corrected chi connectivity index (χ2v) is 5.26. The summed E-state index contributed by atoms with van der Waals surface area (Å²) in [7, 11) is 1.49. The smallest absolute Gasteiger partial charge is 0.257 e. The lowest BCUT2D eigenvalue weighted by atomic mass is 9.94. The fourth-order valence-corrected chi connectivity index (χ4v) is 2.51. The molecule has 1 fully saturated rings. The predicted molar refractivity (Wildman–Crippen MR) is 73.2 cm³/mol. The van der Waals surface area contributed by atoms with Gasteiger partial charge in [0.05, 0.1) is 24.0 Å². The van der Waals surface area contributed by atoms with E-state index in [9.17, 15) is 9.90 Å². The highest BCUT2D eigenvalue weighted by atomic mass is 16.5. The van der Waals surface area contributed by atoms with Crippen LogP contribution in [0.1, 0.15) is 30.1 Å². The third-order valence-corrected chi connectivity index (χ3v) is 3.44. The van der Waals surface area contributed by atoms with Crippen molar-refractivity contribution in [1.29, 1.82) is 0 Å². The van der Waals surface area contributed by atoms with E-state index < -0.39 is 5.60 Å². The van der Waals surface area contributed by atoms with E-state index in [1.807, 2.05) is 0 Å². The van der Waals surface area contributed by atoms with E-state index in [2.05, 4.69) is 0 Å². The van der Waals surface area contributed by atoms with Crippen molar-refractivity contribution in [2.75, 3.05) is 25.9 Å². The maximum absolute atomic E-state index is 12.5. The Morgan fingerprint density at radius 3 is 2.89 bits per heavy atom. The van der Waals surface area contributed by atoms with Gasteiger partial charge in [-0.15, -0.1) is 0 Å². The molecule has 0 aromatic heterocycles. The second kappa shape index (κ2) is 5.09. The van der Waals surface area contributed by atoms with E-state index in [4.69, 9.17) is 10.5 Å². The zero-order chi connectivity index (χ0) is 14.0. The Balaban J connectivity index is 2.27. The summed E-state index contributed by atoms with van der Waals surface area (Å²) in [4.78, 5) is 14.2. The van der Waals surface area contributed by atoms with E-state index in [-0.39, 0.29) is 5.91 Å². The van der Waals surface area contributed by atoms with Gasteiger partial charge in [-0.2, -0.15) is 0 Å². The number of methoxy groups -OCH3 is 1. The lowest BCUT2D eigenvalue weighted by molar-refractivity contribution is -0.0108. The topological polar surface area (TPSA) is 75.8 Å². The Kier molecular flexibility index (Phi) is 3.66. The molecule has 2 rings (SSSR count). The summed E-state index contributed by atoms with van der Waals surface area (Å²) in [5.41, 5.74) is 5.88. The quantitative estimate of drug-likeness (QED) is 0.789. The molecule has 1 atom stereocenters. The van der Waals surface area contributed by atoms with E-state index >= 15 is 0 Å². The third-order valence-electron chi connectivity index (χ3n) is 3.44. The summed E-state index contributed by atoms with van der Waals surface area (Å²) in [6, 6.07) is 5.12. The van der Waals surface area contributed by atoms with E-state index in [1.54, 1.807) is 30.0 Å². The van der Waals surface area contributed by atoms with Crippen LogP contribution in [0.3, 0.4) is 0 Å². The van der Waals surface area contributed by atoms with Crippen LogP contribution in [0.4, 0.5) is 5.69 Å². The Morgan fingerprint density at radius 1 is 1.53 bits per heavy atom. The molecule has 1 saturated heterocycles. The lowest BCUT2D eigenvalue weighted by Crippen LogP contribution is -2.48. The minimum Gasteiger partial charge on any atom is -0.494 e. The molecule has 3 N–H and O–H groups in total. The third kappa shape index (κ3) is 2.81. The van der Waals surface area contributed by atoms with E-state index in [0.29, 0.717) is 36.5 Å². The highest BCUT2D eigenvalue weighted by molar-refractivity contribution is 5.98. The molecular weight excluding hydrogens is 244 g/mol. The molecule has 0 bridgehead atoms. The van der Waals surface area contributed by atoms with Gasteiger partial charge in [0.15, 0.2) is 5.75 Å². The molecule has 1 aromatic rings. The highest BCUT2D eigenvalue weighted by Crippen LogP contribution is 2.29. The van der Waals surface area contributed by atoms with Crippen LogP contribution < -0.4 is 10.5 Å². The fourth-order valence-electron chi connectivity index (χ4n) is 2.51. The molecule has 0 saturated carbocycles. The average Bonchev–Trinajstić information content (AvgIpc) is 2.36. The normalized spacial score (nSPS) is 23.2. The number of β-amino-alcohol motifs (C(OH)–C–C–N with tert-alkyl or cyclic N) is 1. The monoisotopic (exact) mass is 264 g/mol. The summed E-state index contributed by atoms with van der Waals surface area (Å²) in [6.45, 7) is 2.74. The summed E-state index contributed by atoms with van der Waals surface area (Å²) in [5, 5.41) is 10.1. The van der Waals surface area contributed by atoms with Crippen LogP contribution in [0.15, 0.2) is 18.2 Å². The first-order valence-electron chi connectivity index (χ1n) is 6.39. The summed E-state index contributed by atoms with van der Waals surface area (Å²) >= 11 is 0. The molecule has 1 aromatic carbocycles. The number of amides is 1. The van der Waals surface area contributed by atoms with Crippen molar-refractivity contribution in [3.8, 4) is 5.75 Å². The first-order valence-corrected chi connectivity index (χ1v) is 6.39. The number of ether oxygens (including phenoxy) is 1. The van der Waals surface area contributed by atoms with Crippen LogP contribution in [0.5, 0.6) is 5.75 Å². The molecule has 0 radical (unpaired) electrons. The number of likely N-dealkylation sites (tertiary alicyclic amines) is 1. The van der Waals surface area contributed by atoms with Gasteiger partial charge in [-0.3, -0.25) is 4.79 Å². The minimum atomic E-state index is -0.818. The number of para-hydroxylation sites is 1. The summed E-state index contributed by atoms with van der Waals surface area (Å²) in [5.74, 6) is 0.252. The maximum Gasteiger partial charge on any atom is 0.257 e. The second-order valence-electron chi connectivity index (χ2n) is 5.26. The molecule has 5 heteroatoms. The Bertz CT molecular complexity index is 486. The maximum atomic E-state index is 12.5. The number of hydrogen-bond acceptors (Lipinski definition) is 4. The highest BCUT2D eigenvalue weighted by Gasteiger charge is 2.32. The minimum absolute atomic E-state index is 0.149. The van der Waals surface area contributed by atoms with Gasteiger partial charge in [0, 0.05) is 13.1 Å². The van der Waals surface area contributed by atoms with Gasteiger partial charge < -0.3 is 20.5 Å². The molecule has 1 heterocycles. The molecular formula is C14H20N2O3. The number of carbonyl (C=O) groups is 1. The fraction of sp³-hybridized carbons (Fsp3) is 0.500. The number of nitrogens with zero attached hydrogens (tertiary/aromatic N) is 1. The Hall–Kier alpha value is -1.75. The van der Waals surface area contributed by atoms with Crippen LogP contribution in [0, 0.1) is 0 Å². The van der Waals surface area contributed by atoms with Crippen molar-refractivity contribution in [3.05, 3.63) is 23.8 Å². The summed E-state index contributed by atoms with van der Waals surface area (Å²) in [6.07, 6.45) is 1.51. The van der Waals surface area contributed by atoms with Gasteiger partial charge in [0.1, 0.15) is 0 Å². The molecule has 1 amide bonds. The number of carbonyl (C=O) groups excluding carboxylic acids is 1. The SMILES string of the molecule is COc1c(N)cccc1C(=O)N1CCCC(C)(O)C1. The van der Waals surface area contributed by atoms with Crippen molar-refractivity contribution in [1.82, 2.24) is 4.90 Å². The molecule has 1 unspecified atom stereocenters. The molecule has 19 heavy (non-hydrogen) atoms. The Labute approximate surface area is 113 Å². The molecule has 1 aliphatic rings. The first kappa shape index (κ1) is 13.7. The molecule has 5 nitrogen and oxygen atoms in total. The Morgan fingerprint density at radius 2 is 2.26 bits per heavy atom. The van der Waals surface area contributed by atoms with Crippen molar-refractivity contribution >= 4 is 11.6 Å². The zero-order valence-electron chi connectivity index (χ0n) is 11.3. The van der Waals surface area contributed by atoms with E-state index in [0.717, 1.165) is 6.42 Å². The van der Waals surface area contributed by atoms with Crippen molar-refractivity contribution in [2.45, 2.75) is 25.4 Å². The molecule has 0 aliphatic carbocycles. The number of hydrogen-bond donors (Lipinski definition) is 2. The number of benzene rings is 1. The van der Waals surface area contributed by atoms with Crippen LogP contribution in [0.2, 0.25) is 0 Å². The van der Waals surface area contributed by atoms with Gasteiger partial charge in [0.2, 0.25) is 0 Å². The van der Waals surface area contributed by atoms with Crippen LogP contribution in [-0.2, 0) is 0 Å². The van der Waals surface area contributed by atoms with Crippen LogP contribution >= 0.6 is 0 Å². The number of nitrogens with two attached hydrogens (primary N) is 1. The van der Waals surface area contributed by atoms with Gasteiger partial charge in [-0.1, -0.05) is 6.07 Å². The number of anilines is 1.